The summed E-state index contributed by atoms with van der Waals surface area (Å²) in [6.45, 7) is 4.21. The maximum Gasteiger partial charge on any atom is 0.317 e. The molecule has 5 nitrogen and oxygen atoms in total. The van der Waals surface area contributed by atoms with Gasteiger partial charge in [-0.25, -0.2) is 0 Å². The molecule has 1 heterocycles. The van der Waals surface area contributed by atoms with Crippen molar-refractivity contribution < 1.29 is 9.90 Å². The molecular weight excluding hydrogens is 242 g/mol. The van der Waals surface area contributed by atoms with Crippen LogP contribution in [0.1, 0.15) is 32.1 Å². The van der Waals surface area contributed by atoms with Crippen molar-refractivity contribution in [2.75, 3.05) is 39.9 Å². The first-order chi connectivity index (χ1) is 9.17. The average molecular weight is 269 g/mol. The van der Waals surface area contributed by atoms with Crippen LogP contribution in [0.3, 0.4) is 0 Å². The summed E-state index contributed by atoms with van der Waals surface area (Å²) in [7, 11) is 2.05. The Morgan fingerprint density at radius 2 is 1.89 bits per heavy atom. The molecule has 2 rings (SSSR count). The molecule has 5 heteroatoms. The highest BCUT2D eigenvalue weighted by atomic mass is 16.4. The Hall–Kier alpha value is -0.650. The number of nitrogens with one attached hydrogen (secondary N) is 1. The van der Waals surface area contributed by atoms with Gasteiger partial charge in [-0.3, -0.25) is 14.6 Å². The van der Waals surface area contributed by atoms with Gasteiger partial charge >= 0.3 is 5.97 Å². The van der Waals surface area contributed by atoms with Crippen molar-refractivity contribution in [2.24, 2.45) is 5.92 Å². The van der Waals surface area contributed by atoms with Crippen LogP contribution in [0.5, 0.6) is 0 Å². The lowest BCUT2D eigenvalue weighted by Gasteiger charge is -2.38. The summed E-state index contributed by atoms with van der Waals surface area (Å²) in [5.74, 6) is 0.0887. The fourth-order valence-electron chi connectivity index (χ4n) is 3.41. The van der Waals surface area contributed by atoms with Gasteiger partial charge in [0.05, 0.1) is 13.2 Å². The van der Waals surface area contributed by atoms with E-state index >= 15 is 0 Å². The zero-order chi connectivity index (χ0) is 13.7. The van der Waals surface area contributed by atoms with Crippen LogP contribution in [-0.2, 0) is 4.79 Å². The minimum Gasteiger partial charge on any atom is -0.480 e. The molecule has 0 bridgehead atoms. The fraction of sp³-hybridized carbons (Fsp3) is 0.929. The van der Waals surface area contributed by atoms with Gasteiger partial charge < -0.3 is 10.4 Å². The van der Waals surface area contributed by atoms with Gasteiger partial charge in [-0.05, 0) is 45.1 Å². The summed E-state index contributed by atoms with van der Waals surface area (Å²) in [6.07, 6.45) is 6.28. The molecule has 0 unspecified atom stereocenters. The van der Waals surface area contributed by atoms with Crippen LogP contribution in [0.25, 0.3) is 0 Å². The van der Waals surface area contributed by atoms with E-state index < -0.39 is 5.97 Å². The lowest BCUT2D eigenvalue weighted by molar-refractivity contribution is -0.139. The highest BCUT2D eigenvalue weighted by Gasteiger charge is 2.25. The molecule has 19 heavy (non-hydrogen) atoms. The van der Waals surface area contributed by atoms with Crippen molar-refractivity contribution in [2.45, 2.75) is 38.1 Å². The molecule has 0 spiro atoms. The predicted molar refractivity (Wildman–Crippen MR) is 75.1 cm³/mol. The second-order valence-electron chi connectivity index (χ2n) is 6.02. The van der Waals surface area contributed by atoms with Crippen LogP contribution < -0.4 is 5.32 Å². The molecule has 2 N–H and O–H groups in total. The van der Waals surface area contributed by atoms with Crippen molar-refractivity contribution in [1.82, 2.24) is 15.1 Å². The van der Waals surface area contributed by atoms with Crippen molar-refractivity contribution in [3.8, 4) is 0 Å². The van der Waals surface area contributed by atoms with E-state index in [0.29, 0.717) is 6.04 Å². The number of carbonyl (C=O) groups is 1. The van der Waals surface area contributed by atoms with Gasteiger partial charge in [0, 0.05) is 25.7 Å². The molecule has 0 amide bonds. The molecule has 1 aliphatic heterocycles. The second kappa shape index (κ2) is 7.22. The maximum atomic E-state index is 10.8. The highest BCUT2D eigenvalue weighted by molar-refractivity contribution is 5.69. The van der Waals surface area contributed by atoms with Crippen molar-refractivity contribution in [3.05, 3.63) is 0 Å². The number of hydrogen-bond acceptors (Lipinski definition) is 4. The van der Waals surface area contributed by atoms with Gasteiger partial charge in [0.2, 0.25) is 0 Å². The van der Waals surface area contributed by atoms with E-state index in [4.69, 9.17) is 5.11 Å². The Morgan fingerprint density at radius 3 is 2.53 bits per heavy atom. The Balaban J connectivity index is 1.72. The summed E-state index contributed by atoms with van der Waals surface area (Å²) in [6, 6.07) is 0.709. The van der Waals surface area contributed by atoms with Crippen LogP contribution in [0, 0.1) is 5.92 Å². The van der Waals surface area contributed by atoms with E-state index in [1.807, 2.05) is 4.90 Å². The fourth-order valence-corrected chi connectivity index (χ4v) is 3.41. The maximum absolute atomic E-state index is 10.8. The molecule has 0 atom stereocenters. The van der Waals surface area contributed by atoms with E-state index in [1.165, 1.54) is 25.7 Å². The number of rotatable bonds is 5. The largest absolute Gasteiger partial charge is 0.480 e. The van der Waals surface area contributed by atoms with Gasteiger partial charge in [0.25, 0.3) is 0 Å². The number of hydrogen-bond donors (Lipinski definition) is 2. The molecule has 1 aliphatic carbocycles. The normalized spacial score (nSPS) is 30.4. The van der Waals surface area contributed by atoms with Crippen molar-refractivity contribution >= 4 is 5.97 Å². The van der Waals surface area contributed by atoms with E-state index in [2.05, 4.69) is 17.3 Å². The Labute approximate surface area is 115 Å². The van der Waals surface area contributed by atoms with Gasteiger partial charge in [-0.1, -0.05) is 0 Å². The predicted octanol–water partition coefficient (Wildman–Crippen LogP) is 0.814. The zero-order valence-corrected chi connectivity index (χ0v) is 12.0. The van der Waals surface area contributed by atoms with Gasteiger partial charge in [-0.2, -0.15) is 0 Å². The Morgan fingerprint density at radius 1 is 1.21 bits per heavy atom. The summed E-state index contributed by atoms with van der Waals surface area (Å²) in [4.78, 5) is 15.3. The van der Waals surface area contributed by atoms with Crippen LogP contribution in [-0.4, -0.2) is 66.8 Å². The molecule has 1 saturated heterocycles. The summed E-state index contributed by atoms with van der Waals surface area (Å²) >= 11 is 0. The quantitative estimate of drug-likeness (QED) is 0.774. The molecule has 2 fully saturated rings. The lowest BCUT2D eigenvalue weighted by Crippen LogP contribution is -2.48. The highest BCUT2D eigenvalue weighted by Crippen LogP contribution is 2.25. The molecule has 1 saturated carbocycles. The summed E-state index contributed by atoms with van der Waals surface area (Å²) < 4.78 is 0. The van der Waals surface area contributed by atoms with E-state index in [9.17, 15) is 4.79 Å². The molecule has 0 aromatic carbocycles. The Kier molecular flexibility index (Phi) is 5.60. The summed E-state index contributed by atoms with van der Waals surface area (Å²) in [5.41, 5.74) is 0. The van der Waals surface area contributed by atoms with E-state index in [-0.39, 0.29) is 6.54 Å². The van der Waals surface area contributed by atoms with Crippen molar-refractivity contribution in [1.29, 1.82) is 0 Å². The van der Waals surface area contributed by atoms with Gasteiger partial charge in [-0.15, -0.1) is 0 Å². The van der Waals surface area contributed by atoms with Crippen LogP contribution in [0.15, 0.2) is 0 Å². The number of carboxylic acids is 1. The smallest absolute Gasteiger partial charge is 0.317 e. The van der Waals surface area contributed by atoms with Crippen LogP contribution in [0.4, 0.5) is 0 Å². The first-order valence-corrected chi connectivity index (χ1v) is 7.51. The van der Waals surface area contributed by atoms with Gasteiger partial charge in [0.1, 0.15) is 0 Å². The first kappa shape index (κ1) is 14.8. The number of carboxylic acid groups (broad SMARTS) is 1. The molecular formula is C14H27N3O2. The molecule has 0 aromatic heterocycles. The first-order valence-electron chi connectivity index (χ1n) is 7.51. The third kappa shape index (κ3) is 4.75. The average Bonchev–Trinajstić information content (AvgIpc) is 2.39. The van der Waals surface area contributed by atoms with E-state index in [0.717, 1.165) is 38.6 Å². The minimum absolute atomic E-state index is 0.184. The van der Waals surface area contributed by atoms with E-state index in [1.54, 1.807) is 0 Å². The molecule has 110 valence electrons. The van der Waals surface area contributed by atoms with Crippen LogP contribution >= 0.6 is 0 Å². The van der Waals surface area contributed by atoms with Crippen LogP contribution in [0.2, 0.25) is 0 Å². The SMILES string of the molecule is CNC1CCC(CN2CCCN(CC(=O)O)C2)CC1. The number of nitrogens with zero attached hydrogens (tertiary/aromatic N) is 2. The van der Waals surface area contributed by atoms with Crippen molar-refractivity contribution in [3.63, 3.8) is 0 Å². The molecule has 0 radical (unpaired) electrons. The third-order valence-electron chi connectivity index (χ3n) is 4.48. The summed E-state index contributed by atoms with van der Waals surface area (Å²) in [5, 5.41) is 12.2. The number of aliphatic carboxylic acids is 1. The second-order valence-corrected chi connectivity index (χ2v) is 6.02. The monoisotopic (exact) mass is 269 g/mol. The zero-order valence-electron chi connectivity index (χ0n) is 12.0. The standard InChI is InChI=1S/C14H27N3O2/c1-15-13-5-3-12(4-6-13)9-16-7-2-8-17(11-16)10-14(18)19/h12-13,15H,2-11H2,1H3,(H,18,19). The lowest BCUT2D eigenvalue weighted by atomic mass is 9.85. The third-order valence-corrected chi connectivity index (χ3v) is 4.48. The molecule has 2 aliphatic rings. The minimum atomic E-state index is -0.712. The Bertz CT molecular complexity index is 290. The molecule has 0 aromatic rings. The van der Waals surface area contributed by atoms with Gasteiger partial charge in [0.15, 0.2) is 0 Å². The topological polar surface area (TPSA) is 55.8 Å².